The number of nitrogens with zero attached hydrogens (tertiary/aromatic N) is 2. The molecule has 0 aliphatic carbocycles. The highest BCUT2D eigenvalue weighted by molar-refractivity contribution is 5.20. The van der Waals surface area contributed by atoms with Crippen LogP contribution in [0.25, 0.3) is 0 Å². The Morgan fingerprint density at radius 1 is 1.14 bits per heavy atom. The molecule has 2 unspecified atom stereocenters. The molecule has 1 aromatic carbocycles. The Balaban J connectivity index is 1.86. The van der Waals surface area contributed by atoms with Gasteiger partial charge in [-0.05, 0) is 13.0 Å². The third kappa shape index (κ3) is 4.18. The van der Waals surface area contributed by atoms with Gasteiger partial charge in [0.05, 0.1) is 6.10 Å². The number of rotatable bonds is 4. The monoisotopic (exact) mass is 320 g/mol. The molecule has 0 spiro atoms. The normalized spacial score (nSPS) is 20.8. The number of halogens is 4. The van der Waals surface area contributed by atoms with E-state index in [2.05, 4.69) is 0 Å². The zero-order valence-corrected chi connectivity index (χ0v) is 12.4. The maximum Gasteiger partial charge on any atom is 0.403 e. The highest BCUT2D eigenvalue weighted by Crippen LogP contribution is 2.25. The van der Waals surface area contributed by atoms with Crippen molar-refractivity contribution in [1.82, 2.24) is 9.80 Å². The molecule has 0 bridgehead atoms. The highest BCUT2D eigenvalue weighted by atomic mass is 19.4. The van der Waals surface area contributed by atoms with E-state index in [1.165, 1.54) is 17.0 Å². The number of β-amino-alcohol motifs (C(OH)–C–C–N with tert-alkyl or cyclic N) is 1. The van der Waals surface area contributed by atoms with Crippen LogP contribution >= 0.6 is 0 Å². The summed E-state index contributed by atoms with van der Waals surface area (Å²) in [6.45, 7) is 2.78. The van der Waals surface area contributed by atoms with Gasteiger partial charge in [-0.15, -0.1) is 0 Å². The molecular weight excluding hydrogens is 300 g/mol. The number of hydrogen-bond acceptors (Lipinski definition) is 3. The fraction of sp³-hybridized carbons (Fsp3) is 0.600. The van der Waals surface area contributed by atoms with Gasteiger partial charge in [0.25, 0.3) is 0 Å². The van der Waals surface area contributed by atoms with E-state index in [4.69, 9.17) is 0 Å². The molecule has 0 radical (unpaired) electrons. The second-order valence-electron chi connectivity index (χ2n) is 5.59. The minimum Gasteiger partial charge on any atom is -0.387 e. The minimum atomic E-state index is -4.23. The van der Waals surface area contributed by atoms with Crippen LogP contribution in [0.15, 0.2) is 24.3 Å². The molecule has 1 heterocycles. The maximum absolute atomic E-state index is 13.6. The SMILES string of the molecule is CC(N1CCN(CC(O)c2ccccc2F)CC1)C(F)(F)F. The Morgan fingerprint density at radius 3 is 2.27 bits per heavy atom. The van der Waals surface area contributed by atoms with Crippen LogP contribution in [0.3, 0.4) is 0 Å². The van der Waals surface area contributed by atoms with Gasteiger partial charge in [0.15, 0.2) is 0 Å². The third-order valence-electron chi connectivity index (χ3n) is 4.12. The van der Waals surface area contributed by atoms with E-state index in [1.54, 1.807) is 12.1 Å². The first kappa shape index (κ1) is 17.2. The highest BCUT2D eigenvalue weighted by Gasteiger charge is 2.40. The molecule has 22 heavy (non-hydrogen) atoms. The molecule has 2 rings (SSSR count). The molecule has 124 valence electrons. The van der Waals surface area contributed by atoms with Crippen LogP contribution in [0, 0.1) is 5.82 Å². The molecule has 3 nitrogen and oxygen atoms in total. The van der Waals surface area contributed by atoms with E-state index in [0.29, 0.717) is 13.1 Å². The predicted octanol–water partition coefficient (Wildman–Crippen LogP) is 2.43. The van der Waals surface area contributed by atoms with E-state index < -0.39 is 24.1 Å². The molecule has 1 N–H and O–H groups in total. The van der Waals surface area contributed by atoms with Crippen molar-refractivity contribution in [3.63, 3.8) is 0 Å². The quantitative estimate of drug-likeness (QED) is 0.863. The van der Waals surface area contributed by atoms with Crippen molar-refractivity contribution < 1.29 is 22.7 Å². The molecule has 0 amide bonds. The molecule has 1 saturated heterocycles. The lowest BCUT2D eigenvalue weighted by atomic mass is 10.1. The summed E-state index contributed by atoms with van der Waals surface area (Å²) < 4.78 is 51.6. The first-order chi connectivity index (χ1) is 10.3. The first-order valence-corrected chi connectivity index (χ1v) is 7.24. The Bertz CT molecular complexity index is 487. The summed E-state index contributed by atoms with van der Waals surface area (Å²) >= 11 is 0. The van der Waals surface area contributed by atoms with Gasteiger partial charge in [0.1, 0.15) is 11.9 Å². The summed E-state index contributed by atoms with van der Waals surface area (Å²) in [7, 11) is 0. The summed E-state index contributed by atoms with van der Waals surface area (Å²) in [5, 5.41) is 10.1. The first-order valence-electron chi connectivity index (χ1n) is 7.24. The summed E-state index contributed by atoms with van der Waals surface area (Å²) in [6, 6.07) is 4.52. The lowest BCUT2D eigenvalue weighted by molar-refractivity contribution is -0.182. The molecule has 1 aromatic rings. The Kier molecular flexibility index (Phi) is 5.41. The zero-order chi connectivity index (χ0) is 16.3. The van der Waals surface area contributed by atoms with Crippen LogP contribution in [-0.2, 0) is 0 Å². The van der Waals surface area contributed by atoms with Crippen molar-refractivity contribution in [3.8, 4) is 0 Å². The van der Waals surface area contributed by atoms with Gasteiger partial charge in [-0.25, -0.2) is 4.39 Å². The number of aliphatic hydroxyl groups is 1. The van der Waals surface area contributed by atoms with E-state index in [1.807, 2.05) is 4.90 Å². The topological polar surface area (TPSA) is 26.7 Å². The van der Waals surface area contributed by atoms with Gasteiger partial charge >= 0.3 is 6.18 Å². The number of benzene rings is 1. The van der Waals surface area contributed by atoms with Crippen molar-refractivity contribution in [3.05, 3.63) is 35.6 Å². The van der Waals surface area contributed by atoms with Gasteiger partial charge in [0, 0.05) is 38.3 Å². The van der Waals surface area contributed by atoms with Crippen molar-refractivity contribution in [2.24, 2.45) is 0 Å². The molecular formula is C15H20F4N2O. The average molecular weight is 320 g/mol. The molecule has 1 aliphatic heterocycles. The molecule has 0 aromatic heterocycles. The van der Waals surface area contributed by atoms with Crippen LogP contribution in [-0.4, -0.2) is 59.8 Å². The van der Waals surface area contributed by atoms with E-state index >= 15 is 0 Å². The smallest absolute Gasteiger partial charge is 0.387 e. The van der Waals surface area contributed by atoms with Crippen LogP contribution in [0.2, 0.25) is 0 Å². The number of hydrogen-bond donors (Lipinski definition) is 1. The zero-order valence-electron chi connectivity index (χ0n) is 12.4. The lowest BCUT2D eigenvalue weighted by Crippen LogP contribution is -2.54. The standard InChI is InChI=1S/C15H20F4N2O/c1-11(15(17,18)19)21-8-6-20(7-9-21)10-14(22)12-4-2-3-5-13(12)16/h2-5,11,14,22H,6-10H2,1H3. The van der Waals surface area contributed by atoms with Crippen molar-refractivity contribution >= 4 is 0 Å². The van der Waals surface area contributed by atoms with Gasteiger partial charge in [-0.2, -0.15) is 13.2 Å². The average Bonchev–Trinajstić information content (AvgIpc) is 2.46. The van der Waals surface area contributed by atoms with E-state index in [9.17, 15) is 22.7 Å². The predicted molar refractivity (Wildman–Crippen MR) is 74.9 cm³/mol. The van der Waals surface area contributed by atoms with Gasteiger partial charge in [-0.3, -0.25) is 9.80 Å². The number of aliphatic hydroxyl groups excluding tert-OH is 1. The van der Waals surface area contributed by atoms with Crippen LogP contribution in [0.1, 0.15) is 18.6 Å². The number of piperazine rings is 1. The third-order valence-corrected chi connectivity index (χ3v) is 4.12. The molecule has 0 saturated carbocycles. The Morgan fingerprint density at radius 2 is 1.73 bits per heavy atom. The van der Waals surface area contributed by atoms with Crippen molar-refractivity contribution in [2.45, 2.75) is 25.2 Å². The largest absolute Gasteiger partial charge is 0.403 e. The van der Waals surface area contributed by atoms with Crippen LogP contribution < -0.4 is 0 Å². The maximum atomic E-state index is 13.6. The summed E-state index contributed by atoms with van der Waals surface area (Å²) in [5.41, 5.74) is 0.216. The minimum absolute atomic E-state index is 0.216. The van der Waals surface area contributed by atoms with Gasteiger partial charge in [-0.1, -0.05) is 18.2 Å². The molecule has 2 atom stereocenters. The van der Waals surface area contributed by atoms with Crippen LogP contribution in [0.5, 0.6) is 0 Å². The Labute approximate surface area is 127 Å². The molecule has 7 heteroatoms. The second kappa shape index (κ2) is 6.93. The summed E-state index contributed by atoms with van der Waals surface area (Å²) in [4.78, 5) is 3.24. The second-order valence-corrected chi connectivity index (χ2v) is 5.59. The van der Waals surface area contributed by atoms with Gasteiger partial charge in [0.2, 0.25) is 0 Å². The van der Waals surface area contributed by atoms with Crippen molar-refractivity contribution in [2.75, 3.05) is 32.7 Å². The van der Waals surface area contributed by atoms with E-state index in [0.717, 1.165) is 6.92 Å². The van der Waals surface area contributed by atoms with Crippen LogP contribution in [0.4, 0.5) is 17.6 Å². The molecule has 1 aliphatic rings. The van der Waals surface area contributed by atoms with Crippen molar-refractivity contribution in [1.29, 1.82) is 0 Å². The summed E-state index contributed by atoms with van der Waals surface area (Å²) in [6.07, 6.45) is -5.21. The fourth-order valence-electron chi connectivity index (χ4n) is 2.63. The van der Waals surface area contributed by atoms with Gasteiger partial charge < -0.3 is 5.11 Å². The summed E-state index contributed by atoms with van der Waals surface area (Å²) in [5.74, 6) is -0.473. The van der Waals surface area contributed by atoms with E-state index in [-0.39, 0.29) is 25.2 Å². The molecule has 1 fully saturated rings. The Hall–Kier alpha value is -1.18. The lowest BCUT2D eigenvalue weighted by Gasteiger charge is -2.39. The fourth-order valence-corrected chi connectivity index (χ4v) is 2.63. The number of alkyl halides is 3.